The van der Waals surface area contributed by atoms with Gasteiger partial charge in [-0.2, -0.15) is 0 Å². The molecule has 0 atom stereocenters. The first-order valence-corrected chi connectivity index (χ1v) is 7.99. The fraction of sp³-hybridized carbons (Fsp3) is 0.308. The van der Waals surface area contributed by atoms with Crippen LogP contribution in [-0.4, -0.2) is 29.0 Å². The lowest BCUT2D eigenvalue weighted by atomic mass is 10.2. The first-order valence-electron chi connectivity index (χ1n) is 6.25. The normalized spacial score (nSPS) is 10.3. The zero-order chi connectivity index (χ0) is 14.4. The third kappa shape index (κ3) is 4.01. The number of nitrogens with zero attached hydrogens (tertiary/aromatic N) is 2. The molecule has 0 fully saturated rings. The summed E-state index contributed by atoms with van der Waals surface area (Å²) >= 11 is 4.89. The van der Waals surface area contributed by atoms with Crippen molar-refractivity contribution in [1.82, 2.24) is 15.3 Å². The van der Waals surface area contributed by atoms with Crippen LogP contribution in [0.5, 0.6) is 0 Å². The van der Waals surface area contributed by atoms with Gasteiger partial charge < -0.3 is 10.6 Å². The zero-order valence-corrected chi connectivity index (χ0v) is 13.4. The van der Waals surface area contributed by atoms with Crippen LogP contribution in [0.2, 0.25) is 0 Å². The summed E-state index contributed by atoms with van der Waals surface area (Å²) in [5.74, 6) is 0.465. The third-order valence-electron chi connectivity index (χ3n) is 2.59. The third-order valence-corrected chi connectivity index (χ3v) is 3.66. The number of nitrogens with one attached hydrogen (secondary N) is 2. The van der Waals surface area contributed by atoms with Gasteiger partial charge in [0.05, 0.1) is 16.8 Å². The van der Waals surface area contributed by atoms with E-state index in [0.29, 0.717) is 24.5 Å². The van der Waals surface area contributed by atoms with Crippen molar-refractivity contribution in [3.05, 3.63) is 38.9 Å². The van der Waals surface area contributed by atoms with E-state index in [2.05, 4.69) is 36.5 Å². The first-order chi connectivity index (χ1) is 9.70. The molecule has 0 aliphatic heterocycles. The Bertz CT molecular complexity index is 574. The number of thiazole rings is 1. The summed E-state index contributed by atoms with van der Waals surface area (Å²) in [7, 11) is 0. The fourth-order valence-corrected chi connectivity index (χ4v) is 2.61. The average molecular weight is 355 g/mol. The Morgan fingerprint density at radius 2 is 2.30 bits per heavy atom. The van der Waals surface area contributed by atoms with Crippen molar-refractivity contribution in [1.29, 1.82) is 0 Å². The molecule has 2 aromatic heterocycles. The van der Waals surface area contributed by atoms with Crippen molar-refractivity contribution in [2.45, 2.75) is 13.3 Å². The van der Waals surface area contributed by atoms with Crippen LogP contribution in [0.25, 0.3) is 0 Å². The highest BCUT2D eigenvalue weighted by Gasteiger charge is 2.12. The molecule has 0 saturated carbocycles. The molecule has 7 heteroatoms. The van der Waals surface area contributed by atoms with Gasteiger partial charge in [0.15, 0.2) is 0 Å². The summed E-state index contributed by atoms with van der Waals surface area (Å²) in [6, 6.07) is 1.77. The van der Waals surface area contributed by atoms with Crippen LogP contribution in [0.15, 0.2) is 27.6 Å². The highest BCUT2D eigenvalue weighted by atomic mass is 79.9. The Hall–Kier alpha value is -1.47. The zero-order valence-electron chi connectivity index (χ0n) is 11.0. The molecule has 2 heterocycles. The molecule has 2 N–H and O–H groups in total. The number of hydrogen-bond donors (Lipinski definition) is 2. The summed E-state index contributed by atoms with van der Waals surface area (Å²) in [6.45, 7) is 3.24. The highest BCUT2D eigenvalue weighted by molar-refractivity contribution is 9.10. The number of rotatable bonds is 6. The number of carbonyl (C=O) groups excluding carboxylic acids is 1. The molecule has 0 aromatic carbocycles. The number of aromatic nitrogens is 2. The van der Waals surface area contributed by atoms with E-state index in [0.717, 1.165) is 16.6 Å². The van der Waals surface area contributed by atoms with E-state index in [1.54, 1.807) is 29.1 Å². The molecule has 0 unspecified atom stereocenters. The van der Waals surface area contributed by atoms with E-state index in [-0.39, 0.29) is 5.91 Å². The standard InChI is InChI=1S/C13H15BrN4OS/c1-2-15-12-11(5-9(14)6-17-12)13(19)16-4-3-10-7-20-8-18-10/h5-8H,2-4H2,1H3,(H,15,17)(H,16,19). The van der Waals surface area contributed by atoms with Crippen LogP contribution >= 0.6 is 27.3 Å². The van der Waals surface area contributed by atoms with Gasteiger partial charge in [0, 0.05) is 35.6 Å². The molecule has 2 aromatic rings. The quantitative estimate of drug-likeness (QED) is 0.836. The van der Waals surface area contributed by atoms with Crippen molar-refractivity contribution >= 4 is 39.0 Å². The summed E-state index contributed by atoms with van der Waals surface area (Å²) in [5, 5.41) is 7.96. The summed E-state index contributed by atoms with van der Waals surface area (Å²) in [5.41, 5.74) is 3.33. The molecule has 0 aliphatic rings. The predicted octanol–water partition coefficient (Wildman–Crippen LogP) is 2.70. The minimum Gasteiger partial charge on any atom is -0.370 e. The van der Waals surface area contributed by atoms with Crippen molar-refractivity contribution in [2.75, 3.05) is 18.4 Å². The van der Waals surface area contributed by atoms with Crippen molar-refractivity contribution in [3.63, 3.8) is 0 Å². The summed E-state index contributed by atoms with van der Waals surface area (Å²) in [4.78, 5) is 20.6. The lowest BCUT2D eigenvalue weighted by Crippen LogP contribution is -2.27. The number of hydrogen-bond acceptors (Lipinski definition) is 5. The first kappa shape index (κ1) is 14.9. The van der Waals surface area contributed by atoms with Gasteiger partial charge in [-0.25, -0.2) is 9.97 Å². The molecule has 0 saturated heterocycles. The minimum atomic E-state index is -0.134. The monoisotopic (exact) mass is 354 g/mol. The van der Waals surface area contributed by atoms with E-state index in [4.69, 9.17) is 0 Å². The maximum absolute atomic E-state index is 12.2. The topological polar surface area (TPSA) is 66.9 Å². The van der Waals surface area contributed by atoms with Crippen LogP contribution in [0.3, 0.4) is 0 Å². The summed E-state index contributed by atoms with van der Waals surface area (Å²) < 4.78 is 0.781. The molecule has 0 aliphatic carbocycles. The maximum atomic E-state index is 12.2. The van der Waals surface area contributed by atoms with Gasteiger partial charge in [0.2, 0.25) is 0 Å². The second kappa shape index (κ2) is 7.35. The number of halogens is 1. The van der Waals surface area contributed by atoms with Crippen molar-refractivity contribution in [2.24, 2.45) is 0 Å². The van der Waals surface area contributed by atoms with E-state index < -0.39 is 0 Å². The summed E-state index contributed by atoms with van der Waals surface area (Å²) in [6.07, 6.45) is 2.40. The highest BCUT2D eigenvalue weighted by Crippen LogP contribution is 2.17. The Labute approximate surface area is 130 Å². The van der Waals surface area contributed by atoms with Crippen molar-refractivity contribution < 1.29 is 4.79 Å². The number of pyridine rings is 1. The number of amides is 1. The Kier molecular flexibility index (Phi) is 5.49. The van der Waals surface area contributed by atoms with Gasteiger partial charge in [-0.15, -0.1) is 11.3 Å². The van der Waals surface area contributed by atoms with E-state index in [1.807, 2.05) is 12.3 Å². The SMILES string of the molecule is CCNc1ncc(Br)cc1C(=O)NCCc1cscn1. The Balaban J connectivity index is 1.99. The molecule has 20 heavy (non-hydrogen) atoms. The lowest BCUT2D eigenvalue weighted by Gasteiger charge is -2.10. The van der Waals surface area contributed by atoms with Gasteiger partial charge in [-0.3, -0.25) is 4.79 Å². The van der Waals surface area contributed by atoms with Gasteiger partial charge in [0.1, 0.15) is 5.82 Å². The Morgan fingerprint density at radius 3 is 3.00 bits per heavy atom. The van der Waals surface area contributed by atoms with E-state index in [9.17, 15) is 4.79 Å². The van der Waals surface area contributed by atoms with Crippen LogP contribution in [0, 0.1) is 0 Å². The van der Waals surface area contributed by atoms with Gasteiger partial charge in [0.25, 0.3) is 5.91 Å². The van der Waals surface area contributed by atoms with Crippen LogP contribution in [0.1, 0.15) is 23.0 Å². The van der Waals surface area contributed by atoms with Crippen LogP contribution in [0.4, 0.5) is 5.82 Å². The number of carbonyl (C=O) groups is 1. The second-order valence-corrected chi connectivity index (χ2v) is 5.70. The van der Waals surface area contributed by atoms with Crippen LogP contribution < -0.4 is 10.6 Å². The smallest absolute Gasteiger partial charge is 0.255 e. The molecular weight excluding hydrogens is 340 g/mol. The second-order valence-electron chi connectivity index (χ2n) is 4.07. The minimum absolute atomic E-state index is 0.134. The largest absolute Gasteiger partial charge is 0.370 e. The Morgan fingerprint density at radius 1 is 1.45 bits per heavy atom. The molecule has 0 bridgehead atoms. The van der Waals surface area contributed by atoms with Gasteiger partial charge in [-0.05, 0) is 28.9 Å². The fourth-order valence-electron chi connectivity index (χ4n) is 1.68. The average Bonchev–Trinajstić information content (AvgIpc) is 2.94. The molecule has 1 amide bonds. The number of anilines is 1. The molecule has 0 radical (unpaired) electrons. The lowest BCUT2D eigenvalue weighted by molar-refractivity contribution is 0.0954. The van der Waals surface area contributed by atoms with E-state index in [1.165, 1.54) is 0 Å². The molecule has 2 rings (SSSR count). The molecule has 0 spiro atoms. The molecule has 106 valence electrons. The molecular formula is C13H15BrN4OS. The maximum Gasteiger partial charge on any atom is 0.255 e. The predicted molar refractivity (Wildman–Crippen MR) is 84.3 cm³/mol. The van der Waals surface area contributed by atoms with Crippen LogP contribution in [-0.2, 0) is 6.42 Å². The molecule has 5 nitrogen and oxygen atoms in total. The van der Waals surface area contributed by atoms with Crippen molar-refractivity contribution in [3.8, 4) is 0 Å². The van der Waals surface area contributed by atoms with E-state index >= 15 is 0 Å². The van der Waals surface area contributed by atoms with Gasteiger partial charge >= 0.3 is 0 Å². The van der Waals surface area contributed by atoms with Gasteiger partial charge in [-0.1, -0.05) is 0 Å².